The summed E-state index contributed by atoms with van der Waals surface area (Å²) < 4.78 is 6.40. The monoisotopic (exact) mass is 532 g/mol. The van der Waals surface area contributed by atoms with Crippen LogP contribution in [0.4, 0.5) is 11.4 Å². The Morgan fingerprint density at radius 1 is 1.00 bits per heavy atom. The fraction of sp³-hybridized carbons (Fsp3) is 0.318. The number of carbonyl (C=O) groups is 3. The van der Waals surface area contributed by atoms with E-state index in [4.69, 9.17) is 4.74 Å². The predicted molar refractivity (Wildman–Crippen MR) is 118 cm³/mol. The van der Waals surface area contributed by atoms with Gasteiger partial charge in [-0.1, -0.05) is 37.9 Å². The van der Waals surface area contributed by atoms with Gasteiger partial charge in [0.25, 0.3) is 5.91 Å². The fourth-order valence-electron chi connectivity index (χ4n) is 5.03. The zero-order chi connectivity index (χ0) is 21.0. The molecule has 2 aromatic carbocycles. The molecule has 6 nitrogen and oxygen atoms in total. The van der Waals surface area contributed by atoms with E-state index in [1.807, 2.05) is 12.1 Å². The molecule has 8 heteroatoms. The molecule has 2 aromatic rings. The van der Waals surface area contributed by atoms with Gasteiger partial charge in [-0.15, -0.1) is 0 Å². The van der Waals surface area contributed by atoms with E-state index in [1.54, 1.807) is 36.4 Å². The van der Waals surface area contributed by atoms with Crippen LogP contribution in [0.3, 0.4) is 0 Å². The molecule has 154 valence electrons. The number of nitrogens with one attached hydrogen (secondary N) is 2. The molecular weight excluding hydrogens is 516 g/mol. The van der Waals surface area contributed by atoms with Crippen molar-refractivity contribution in [1.29, 1.82) is 0 Å². The van der Waals surface area contributed by atoms with Crippen LogP contribution in [0, 0.1) is 23.7 Å². The first-order valence-corrected chi connectivity index (χ1v) is 11.5. The van der Waals surface area contributed by atoms with E-state index in [9.17, 15) is 14.4 Å². The highest BCUT2D eigenvalue weighted by atomic mass is 79.9. The van der Waals surface area contributed by atoms with Crippen LogP contribution in [0.15, 0.2) is 53.0 Å². The number of esters is 1. The van der Waals surface area contributed by atoms with Gasteiger partial charge < -0.3 is 15.4 Å². The van der Waals surface area contributed by atoms with Crippen molar-refractivity contribution in [2.24, 2.45) is 23.7 Å². The molecule has 2 aliphatic carbocycles. The normalized spacial score (nSPS) is 30.8. The number of amides is 2. The molecule has 0 aromatic heterocycles. The predicted octanol–water partition coefficient (Wildman–Crippen LogP) is 4.21. The highest BCUT2D eigenvalue weighted by molar-refractivity contribution is 9.10. The van der Waals surface area contributed by atoms with Crippen LogP contribution < -0.4 is 10.6 Å². The molecule has 2 saturated carbocycles. The van der Waals surface area contributed by atoms with Crippen molar-refractivity contribution < 1.29 is 19.1 Å². The topological polar surface area (TPSA) is 84.5 Å². The Labute approximate surface area is 190 Å². The first kappa shape index (κ1) is 19.8. The third-order valence-electron chi connectivity index (χ3n) is 6.32. The number of anilines is 2. The maximum absolute atomic E-state index is 13.0. The van der Waals surface area contributed by atoms with Crippen LogP contribution >= 0.6 is 31.9 Å². The molecular formula is C22H18Br2N2O4. The maximum Gasteiger partial charge on any atom is 0.310 e. The second-order valence-electron chi connectivity index (χ2n) is 7.99. The Morgan fingerprint density at radius 2 is 1.77 bits per heavy atom. The maximum atomic E-state index is 13.0. The van der Waals surface area contributed by atoms with E-state index in [0.717, 1.165) is 10.9 Å². The molecule has 0 radical (unpaired) electrons. The molecule has 1 aliphatic heterocycles. The summed E-state index contributed by atoms with van der Waals surface area (Å²) in [6.07, 6.45) is 0.715. The average Bonchev–Trinajstić information content (AvgIpc) is 3.34. The SMILES string of the molecule is O=C(Nc1ccc(Br)cc1)c1cccc(NC(=O)[C@@H]2[C@H]3C[C@H]4[C@H](OC(=O)[C@@H]42)[C@@H]3Br)c1. The quantitative estimate of drug-likeness (QED) is 0.455. The third kappa shape index (κ3) is 3.26. The van der Waals surface area contributed by atoms with Crippen LogP contribution in [-0.4, -0.2) is 28.7 Å². The van der Waals surface area contributed by atoms with Crippen molar-refractivity contribution in [3.8, 4) is 0 Å². The van der Waals surface area contributed by atoms with E-state index in [2.05, 4.69) is 42.5 Å². The lowest BCUT2D eigenvalue weighted by molar-refractivity contribution is -0.145. The third-order valence-corrected chi connectivity index (χ3v) is 8.05. The van der Waals surface area contributed by atoms with Gasteiger partial charge >= 0.3 is 5.97 Å². The van der Waals surface area contributed by atoms with Gasteiger partial charge in [0.1, 0.15) is 6.10 Å². The first-order chi connectivity index (χ1) is 14.4. The molecule has 5 rings (SSSR count). The Balaban J connectivity index is 1.30. The zero-order valence-electron chi connectivity index (χ0n) is 15.7. The Bertz CT molecular complexity index is 1040. The summed E-state index contributed by atoms with van der Waals surface area (Å²) in [5.41, 5.74) is 1.64. The van der Waals surface area contributed by atoms with Crippen LogP contribution in [-0.2, 0) is 14.3 Å². The summed E-state index contributed by atoms with van der Waals surface area (Å²) in [6, 6.07) is 14.1. The summed E-state index contributed by atoms with van der Waals surface area (Å²) in [7, 11) is 0. The van der Waals surface area contributed by atoms with Crippen LogP contribution in [0.1, 0.15) is 16.8 Å². The molecule has 0 unspecified atom stereocenters. The van der Waals surface area contributed by atoms with Crippen molar-refractivity contribution in [3.63, 3.8) is 0 Å². The minimum atomic E-state index is -0.411. The number of hydrogen-bond acceptors (Lipinski definition) is 4. The average molecular weight is 534 g/mol. The Morgan fingerprint density at radius 3 is 2.53 bits per heavy atom. The number of benzene rings is 2. The van der Waals surface area contributed by atoms with Crippen molar-refractivity contribution in [2.45, 2.75) is 17.4 Å². The minimum absolute atomic E-state index is 0.0176. The lowest BCUT2D eigenvalue weighted by atomic mass is 9.79. The molecule has 30 heavy (non-hydrogen) atoms. The number of carbonyl (C=O) groups excluding carboxylic acids is 3. The number of rotatable bonds is 4. The molecule has 3 aliphatic rings. The fourth-order valence-corrected chi connectivity index (χ4v) is 6.34. The number of fused-ring (bicyclic) bond motifs is 1. The summed E-state index contributed by atoms with van der Waals surface area (Å²) >= 11 is 6.99. The van der Waals surface area contributed by atoms with Crippen molar-refractivity contribution in [2.75, 3.05) is 10.6 Å². The van der Waals surface area contributed by atoms with Crippen molar-refractivity contribution in [3.05, 3.63) is 58.6 Å². The minimum Gasteiger partial charge on any atom is -0.461 e. The van der Waals surface area contributed by atoms with E-state index >= 15 is 0 Å². The largest absolute Gasteiger partial charge is 0.461 e. The summed E-state index contributed by atoms with van der Waals surface area (Å²) in [5.74, 6) is -1.30. The van der Waals surface area contributed by atoms with Gasteiger partial charge in [-0.05, 0) is 54.8 Å². The number of hydrogen-bond donors (Lipinski definition) is 2. The lowest BCUT2D eigenvalue weighted by Gasteiger charge is -2.27. The van der Waals surface area contributed by atoms with Gasteiger partial charge in [0.15, 0.2) is 0 Å². The van der Waals surface area contributed by atoms with E-state index < -0.39 is 5.92 Å². The molecule has 6 atom stereocenters. The van der Waals surface area contributed by atoms with Crippen molar-refractivity contribution in [1.82, 2.24) is 0 Å². The second kappa shape index (κ2) is 7.50. The van der Waals surface area contributed by atoms with Gasteiger partial charge in [-0.3, -0.25) is 14.4 Å². The molecule has 2 bridgehead atoms. The highest BCUT2D eigenvalue weighted by Crippen LogP contribution is 2.60. The standard InChI is InChI=1S/C22H18Br2N2O4/c23-11-4-6-12(7-5-11)25-20(27)10-2-1-3-13(8-10)26-21(28)16-14-9-15-17(16)22(29)30-19(15)18(14)24/h1-8,14-19H,9H2,(H,25,27)(H,26,28)/t14-,15-,16-,17+,18-,19+/m1/s1. The summed E-state index contributed by atoms with van der Waals surface area (Å²) in [6.45, 7) is 0. The Hall–Kier alpha value is -2.19. The van der Waals surface area contributed by atoms with Gasteiger partial charge in [0.2, 0.25) is 5.91 Å². The van der Waals surface area contributed by atoms with Gasteiger partial charge in [-0.2, -0.15) is 0 Å². The molecule has 2 N–H and O–H groups in total. The van der Waals surface area contributed by atoms with Crippen LogP contribution in [0.2, 0.25) is 0 Å². The summed E-state index contributed by atoms with van der Waals surface area (Å²) in [5, 5.41) is 5.74. The zero-order valence-corrected chi connectivity index (χ0v) is 18.9. The van der Waals surface area contributed by atoms with Gasteiger partial charge in [0.05, 0.1) is 16.7 Å². The van der Waals surface area contributed by atoms with Crippen molar-refractivity contribution >= 4 is 61.0 Å². The van der Waals surface area contributed by atoms with Gasteiger partial charge in [0, 0.05) is 27.3 Å². The smallest absolute Gasteiger partial charge is 0.310 e. The highest BCUT2D eigenvalue weighted by Gasteiger charge is 2.67. The number of alkyl halides is 1. The molecule has 0 spiro atoms. The Kier molecular flexibility index (Phi) is 4.94. The lowest BCUT2D eigenvalue weighted by Crippen LogP contribution is -2.40. The second-order valence-corrected chi connectivity index (χ2v) is 9.96. The number of halogens is 2. The molecule has 1 heterocycles. The van der Waals surface area contributed by atoms with Crippen LogP contribution in [0.5, 0.6) is 0 Å². The summed E-state index contributed by atoms with van der Waals surface area (Å²) in [4.78, 5) is 37.9. The number of ether oxygens (including phenoxy) is 1. The van der Waals surface area contributed by atoms with Crippen LogP contribution in [0.25, 0.3) is 0 Å². The van der Waals surface area contributed by atoms with E-state index in [0.29, 0.717) is 16.9 Å². The molecule has 3 fully saturated rings. The molecule has 1 saturated heterocycles. The van der Waals surface area contributed by atoms with E-state index in [-0.39, 0.29) is 46.5 Å². The first-order valence-electron chi connectivity index (χ1n) is 9.75. The molecule has 2 amide bonds. The van der Waals surface area contributed by atoms with E-state index in [1.165, 1.54) is 0 Å². The van der Waals surface area contributed by atoms with Gasteiger partial charge in [-0.25, -0.2) is 0 Å².